The molecule has 7 heteroatoms. The maximum Gasteiger partial charge on any atom is 0.286 e. The van der Waals surface area contributed by atoms with Crippen molar-refractivity contribution in [3.05, 3.63) is 58.9 Å². The molecule has 116 valence electrons. The molecule has 3 rings (SSSR count). The number of hydrogen-bond donors (Lipinski definition) is 0. The van der Waals surface area contributed by atoms with Crippen LogP contribution in [0.25, 0.3) is 6.08 Å². The number of thiocarbonyl (C=S) groups is 1. The Labute approximate surface area is 142 Å². The Hall–Kier alpha value is -2.38. The van der Waals surface area contributed by atoms with Gasteiger partial charge in [-0.25, -0.2) is 0 Å². The molecule has 0 N–H and O–H groups in total. The van der Waals surface area contributed by atoms with Gasteiger partial charge in [0.25, 0.3) is 5.91 Å². The topological polar surface area (TPSA) is 55.0 Å². The first-order valence-corrected chi connectivity index (χ1v) is 7.89. The van der Waals surface area contributed by atoms with Crippen molar-refractivity contribution in [2.45, 2.75) is 0 Å². The second-order valence-electron chi connectivity index (χ2n) is 4.53. The van der Waals surface area contributed by atoms with Crippen LogP contribution in [0.5, 0.6) is 5.75 Å². The third kappa shape index (κ3) is 3.52. The summed E-state index contributed by atoms with van der Waals surface area (Å²) in [6, 6.07) is 10.9. The van der Waals surface area contributed by atoms with Gasteiger partial charge in [0.15, 0.2) is 4.32 Å². The first-order valence-electron chi connectivity index (χ1n) is 6.67. The highest BCUT2D eigenvalue weighted by Crippen LogP contribution is 2.32. The lowest BCUT2D eigenvalue weighted by Gasteiger charge is -2.06. The number of carbonyl (C=O) groups is 1. The molecule has 2 heterocycles. The van der Waals surface area contributed by atoms with Gasteiger partial charge in [-0.2, -0.15) is 10.1 Å². The monoisotopic (exact) mass is 344 g/mol. The zero-order valence-corrected chi connectivity index (χ0v) is 13.8. The summed E-state index contributed by atoms with van der Waals surface area (Å²) in [7, 11) is 1.61. The number of benzene rings is 1. The molecule has 0 spiro atoms. The van der Waals surface area contributed by atoms with Crippen molar-refractivity contribution in [3.8, 4) is 5.75 Å². The van der Waals surface area contributed by atoms with Gasteiger partial charge in [0, 0.05) is 6.08 Å². The van der Waals surface area contributed by atoms with E-state index in [1.807, 2.05) is 24.3 Å². The van der Waals surface area contributed by atoms with Crippen molar-refractivity contribution in [1.82, 2.24) is 5.01 Å². The summed E-state index contributed by atoms with van der Waals surface area (Å²) in [5.41, 5.74) is 0.842. The summed E-state index contributed by atoms with van der Waals surface area (Å²) in [6.07, 6.45) is 4.79. The van der Waals surface area contributed by atoms with Crippen LogP contribution in [0.1, 0.15) is 11.3 Å². The van der Waals surface area contributed by atoms with Crippen LogP contribution in [0.2, 0.25) is 0 Å². The van der Waals surface area contributed by atoms with Crippen LogP contribution < -0.4 is 4.74 Å². The summed E-state index contributed by atoms with van der Waals surface area (Å²) < 4.78 is 10.7. The fourth-order valence-electron chi connectivity index (χ4n) is 1.88. The second kappa shape index (κ2) is 6.80. The highest BCUT2D eigenvalue weighted by atomic mass is 32.2. The number of hydrazone groups is 1. The smallest absolute Gasteiger partial charge is 0.286 e. The van der Waals surface area contributed by atoms with E-state index in [-0.39, 0.29) is 5.91 Å². The van der Waals surface area contributed by atoms with Crippen LogP contribution >= 0.6 is 24.0 Å². The molecule has 1 saturated heterocycles. The highest BCUT2D eigenvalue weighted by molar-refractivity contribution is 8.26. The Morgan fingerprint density at radius 3 is 2.74 bits per heavy atom. The van der Waals surface area contributed by atoms with Gasteiger partial charge >= 0.3 is 0 Å². The molecule has 5 nitrogen and oxygen atoms in total. The van der Waals surface area contributed by atoms with Crippen LogP contribution in [-0.2, 0) is 4.79 Å². The van der Waals surface area contributed by atoms with Gasteiger partial charge in [-0.15, -0.1) is 0 Å². The average Bonchev–Trinajstić information content (AvgIpc) is 3.16. The van der Waals surface area contributed by atoms with Crippen LogP contribution in [0.3, 0.4) is 0 Å². The predicted octanol–water partition coefficient (Wildman–Crippen LogP) is 3.52. The molecule has 1 amide bonds. The van der Waals surface area contributed by atoms with Crippen molar-refractivity contribution < 1.29 is 13.9 Å². The molecular formula is C16H12N2O3S2. The lowest BCUT2D eigenvalue weighted by molar-refractivity contribution is -0.122. The Morgan fingerprint density at radius 2 is 2.09 bits per heavy atom. The first-order chi connectivity index (χ1) is 11.2. The molecule has 2 aromatic rings. The Balaban J connectivity index is 1.76. The van der Waals surface area contributed by atoms with Gasteiger partial charge < -0.3 is 9.15 Å². The number of furan rings is 1. The van der Waals surface area contributed by atoms with E-state index in [1.54, 1.807) is 37.8 Å². The maximum absolute atomic E-state index is 12.3. The molecule has 0 bridgehead atoms. The summed E-state index contributed by atoms with van der Waals surface area (Å²) in [5.74, 6) is 1.10. The molecular weight excluding hydrogens is 332 g/mol. The lowest BCUT2D eigenvalue weighted by Crippen LogP contribution is -2.22. The Bertz CT molecular complexity index is 780. The number of hydrogen-bond acceptors (Lipinski definition) is 6. The van der Waals surface area contributed by atoms with Gasteiger partial charge in [0.2, 0.25) is 0 Å². The standard InChI is InChI=1S/C16H12N2O3S2/c1-20-12-6-4-11(5-7-12)10-17-18-15(19)14(23-16(18)22)9-13-3-2-8-21-13/h2-10H,1H3. The van der Waals surface area contributed by atoms with E-state index in [0.717, 1.165) is 11.3 Å². The van der Waals surface area contributed by atoms with Crippen molar-refractivity contribution in [3.63, 3.8) is 0 Å². The number of carbonyl (C=O) groups excluding carboxylic acids is 1. The minimum atomic E-state index is -0.263. The Kier molecular flexibility index (Phi) is 4.59. The van der Waals surface area contributed by atoms with E-state index in [2.05, 4.69) is 5.10 Å². The van der Waals surface area contributed by atoms with E-state index in [0.29, 0.717) is 15.0 Å². The zero-order chi connectivity index (χ0) is 16.2. The maximum atomic E-state index is 12.3. The fourth-order valence-corrected chi connectivity index (χ4v) is 3.03. The molecule has 1 aromatic heterocycles. The van der Waals surface area contributed by atoms with Crippen LogP contribution in [-0.4, -0.2) is 28.6 Å². The molecule has 0 atom stereocenters. The third-order valence-corrected chi connectivity index (χ3v) is 4.31. The van der Waals surface area contributed by atoms with Gasteiger partial charge in [0.1, 0.15) is 11.5 Å². The van der Waals surface area contributed by atoms with Crippen molar-refractivity contribution in [2.75, 3.05) is 7.11 Å². The van der Waals surface area contributed by atoms with Gasteiger partial charge in [0.05, 0.1) is 24.5 Å². The summed E-state index contributed by atoms with van der Waals surface area (Å²) in [4.78, 5) is 12.8. The lowest BCUT2D eigenvalue weighted by atomic mass is 10.2. The zero-order valence-electron chi connectivity index (χ0n) is 12.1. The van der Waals surface area contributed by atoms with E-state index in [9.17, 15) is 4.79 Å². The molecule has 1 fully saturated rings. The van der Waals surface area contributed by atoms with E-state index in [1.165, 1.54) is 16.8 Å². The van der Waals surface area contributed by atoms with Crippen LogP contribution in [0.4, 0.5) is 0 Å². The molecule has 23 heavy (non-hydrogen) atoms. The van der Waals surface area contributed by atoms with Crippen molar-refractivity contribution in [2.24, 2.45) is 5.10 Å². The number of thioether (sulfide) groups is 1. The minimum absolute atomic E-state index is 0.263. The highest BCUT2D eigenvalue weighted by Gasteiger charge is 2.32. The summed E-state index contributed by atoms with van der Waals surface area (Å²) in [6.45, 7) is 0. The quantitative estimate of drug-likeness (QED) is 0.482. The minimum Gasteiger partial charge on any atom is -0.497 e. The molecule has 0 aliphatic carbocycles. The number of nitrogens with zero attached hydrogens (tertiary/aromatic N) is 2. The van der Waals surface area contributed by atoms with Crippen LogP contribution in [0.15, 0.2) is 57.1 Å². The number of rotatable bonds is 4. The molecule has 0 radical (unpaired) electrons. The number of ether oxygens (including phenoxy) is 1. The van der Waals surface area contributed by atoms with E-state index < -0.39 is 0 Å². The normalized spacial score (nSPS) is 16.7. The molecule has 1 aliphatic heterocycles. The number of methoxy groups -OCH3 is 1. The predicted molar refractivity (Wildman–Crippen MR) is 94.3 cm³/mol. The summed E-state index contributed by atoms with van der Waals surface area (Å²) in [5, 5.41) is 5.38. The summed E-state index contributed by atoms with van der Waals surface area (Å²) >= 11 is 6.40. The average molecular weight is 344 g/mol. The van der Waals surface area contributed by atoms with Crippen LogP contribution in [0, 0.1) is 0 Å². The molecule has 1 aliphatic rings. The van der Waals surface area contributed by atoms with Crippen molar-refractivity contribution in [1.29, 1.82) is 0 Å². The van der Waals surface area contributed by atoms with Gasteiger partial charge in [-0.3, -0.25) is 4.79 Å². The van der Waals surface area contributed by atoms with Crippen molar-refractivity contribution >= 4 is 46.5 Å². The fraction of sp³-hybridized carbons (Fsp3) is 0.0625. The molecule has 0 saturated carbocycles. The van der Waals surface area contributed by atoms with E-state index >= 15 is 0 Å². The largest absolute Gasteiger partial charge is 0.497 e. The Morgan fingerprint density at radius 1 is 1.30 bits per heavy atom. The first kappa shape index (κ1) is 15.5. The second-order valence-corrected chi connectivity index (χ2v) is 6.20. The number of amides is 1. The molecule has 0 unspecified atom stereocenters. The van der Waals surface area contributed by atoms with E-state index in [4.69, 9.17) is 21.4 Å². The molecule has 1 aromatic carbocycles. The van der Waals surface area contributed by atoms with Gasteiger partial charge in [-0.1, -0.05) is 11.8 Å². The third-order valence-electron chi connectivity index (χ3n) is 3.03. The van der Waals surface area contributed by atoms with Gasteiger partial charge in [-0.05, 0) is 54.2 Å². The SMILES string of the molecule is COc1ccc(C=NN2C(=O)C(=Cc3ccco3)SC2=S)cc1.